The molecule has 0 aliphatic rings. The smallest absolute Gasteiger partial charge is 0.261 e. The molecule has 2 aromatic carbocycles. The number of sulfonamides is 1. The Morgan fingerprint density at radius 3 is 2.43 bits per heavy atom. The number of nitrogens with one attached hydrogen (secondary N) is 1. The van der Waals surface area contributed by atoms with Crippen LogP contribution < -0.4 is 10.5 Å². The molecule has 0 saturated heterocycles. The molecule has 0 fully saturated rings. The molecule has 21 heavy (non-hydrogen) atoms. The molecule has 2 rings (SSSR count). The number of hydrogen-bond donors (Lipinski definition) is 2. The van der Waals surface area contributed by atoms with E-state index in [2.05, 4.69) is 27.3 Å². The SMILES string of the molecule is Cc1cc(S(=O)(=O)Nc2ccc(I)cc2)cc(CN)c1F. The number of hydrogen-bond acceptors (Lipinski definition) is 3. The fourth-order valence-corrected chi connectivity index (χ4v) is 3.40. The molecule has 7 heteroatoms. The van der Waals surface area contributed by atoms with Crippen LogP contribution in [0.25, 0.3) is 0 Å². The number of halogens is 2. The van der Waals surface area contributed by atoms with E-state index in [0.717, 1.165) is 3.57 Å². The van der Waals surface area contributed by atoms with E-state index in [4.69, 9.17) is 5.73 Å². The lowest BCUT2D eigenvalue weighted by molar-refractivity contribution is 0.592. The first-order valence-electron chi connectivity index (χ1n) is 6.11. The highest BCUT2D eigenvalue weighted by molar-refractivity contribution is 14.1. The van der Waals surface area contributed by atoms with Crippen LogP contribution >= 0.6 is 22.6 Å². The van der Waals surface area contributed by atoms with Crippen LogP contribution in [0.15, 0.2) is 41.3 Å². The highest BCUT2D eigenvalue weighted by Gasteiger charge is 2.18. The Bertz CT molecular complexity index is 761. The molecule has 0 heterocycles. The van der Waals surface area contributed by atoms with Crippen molar-refractivity contribution >= 4 is 38.3 Å². The topological polar surface area (TPSA) is 72.2 Å². The first kappa shape index (κ1) is 16.2. The number of aryl methyl sites for hydroxylation is 1. The first-order chi connectivity index (χ1) is 9.83. The molecule has 0 aliphatic carbocycles. The highest BCUT2D eigenvalue weighted by atomic mass is 127. The highest BCUT2D eigenvalue weighted by Crippen LogP contribution is 2.22. The molecule has 0 aromatic heterocycles. The lowest BCUT2D eigenvalue weighted by Crippen LogP contribution is -2.14. The van der Waals surface area contributed by atoms with Crippen LogP contribution in [-0.4, -0.2) is 8.42 Å². The fraction of sp³-hybridized carbons (Fsp3) is 0.143. The molecule has 0 spiro atoms. The molecule has 3 N–H and O–H groups in total. The molecular weight excluding hydrogens is 406 g/mol. The van der Waals surface area contributed by atoms with Crippen LogP contribution in [0.1, 0.15) is 11.1 Å². The molecule has 0 bridgehead atoms. The van der Waals surface area contributed by atoms with E-state index in [1.807, 2.05) is 0 Å². The van der Waals surface area contributed by atoms with Crippen LogP contribution in [0, 0.1) is 16.3 Å². The molecule has 112 valence electrons. The second kappa shape index (κ2) is 6.29. The van der Waals surface area contributed by atoms with Crippen molar-refractivity contribution in [2.45, 2.75) is 18.4 Å². The predicted molar refractivity (Wildman–Crippen MR) is 89.0 cm³/mol. The normalized spacial score (nSPS) is 11.4. The van der Waals surface area contributed by atoms with E-state index in [1.165, 1.54) is 19.1 Å². The van der Waals surface area contributed by atoms with Crippen LogP contribution in [0.2, 0.25) is 0 Å². The van der Waals surface area contributed by atoms with Crippen molar-refractivity contribution in [1.82, 2.24) is 0 Å². The van der Waals surface area contributed by atoms with Crippen LogP contribution in [0.5, 0.6) is 0 Å². The number of anilines is 1. The summed E-state index contributed by atoms with van der Waals surface area (Å²) in [5, 5.41) is 0. The van der Waals surface area contributed by atoms with Gasteiger partial charge in [0.2, 0.25) is 0 Å². The first-order valence-corrected chi connectivity index (χ1v) is 8.67. The Balaban J connectivity index is 2.40. The van der Waals surface area contributed by atoms with E-state index in [0.29, 0.717) is 5.69 Å². The monoisotopic (exact) mass is 420 g/mol. The second-order valence-corrected chi connectivity index (χ2v) is 7.46. The lowest BCUT2D eigenvalue weighted by atomic mass is 10.1. The van der Waals surface area contributed by atoms with E-state index in [-0.39, 0.29) is 22.6 Å². The quantitative estimate of drug-likeness (QED) is 0.748. The molecule has 2 aromatic rings. The van der Waals surface area contributed by atoms with Gasteiger partial charge in [0.15, 0.2) is 0 Å². The Morgan fingerprint density at radius 2 is 1.86 bits per heavy atom. The zero-order valence-corrected chi connectivity index (χ0v) is 14.2. The summed E-state index contributed by atoms with van der Waals surface area (Å²) >= 11 is 2.13. The van der Waals surface area contributed by atoms with Gasteiger partial charge < -0.3 is 5.73 Å². The standard InChI is InChI=1S/C14H14FIN2O2S/c1-9-6-13(7-10(8-17)14(9)15)21(19,20)18-12-4-2-11(16)3-5-12/h2-7,18H,8,17H2,1H3. The summed E-state index contributed by atoms with van der Waals surface area (Å²) in [5.41, 5.74) is 6.33. The summed E-state index contributed by atoms with van der Waals surface area (Å²) in [6, 6.07) is 9.47. The lowest BCUT2D eigenvalue weighted by Gasteiger charge is -2.11. The van der Waals surface area contributed by atoms with Crippen molar-refractivity contribution in [2.75, 3.05) is 4.72 Å². The summed E-state index contributed by atoms with van der Waals surface area (Å²) < 4.78 is 41.9. The van der Waals surface area contributed by atoms with E-state index < -0.39 is 15.8 Å². The van der Waals surface area contributed by atoms with Gasteiger partial charge in [0, 0.05) is 21.4 Å². The number of nitrogens with two attached hydrogens (primary N) is 1. The molecule has 0 atom stereocenters. The number of rotatable bonds is 4. The van der Waals surface area contributed by atoms with Crippen molar-refractivity contribution in [3.05, 3.63) is 56.9 Å². The Hall–Kier alpha value is -1.19. The summed E-state index contributed by atoms with van der Waals surface area (Å²) in [6.45, 7) is 1.46. The Morgan fingerprint density at radius 1 is 1.24 bits per heavy atom. The van der Waals surface area contributed by atoms with Crippen LogP contribution in [-0.2, 0) is 16.6 Å². The van der Waals surface area contributed by atoms with Gasteiger partial charge in [0.1, 0.15) is 5.82 Å². The molecule has 0 amide bonds. The van der Waals surface area contributed by atoms with Gasteiger partial charge >= 0.3 is 0 Å². The van der Waals surface area contributed by atoms with Gasteiger partial charge in [-0.1, -0.05) is 0 Å². The predicted octanol–water partition coefficient (Wildman–Crippen LogP) is 3.00. The van der Waals surface area contributed by atoms with Gasteiger partial charge in [0.25, 0.3) is 10.0 Å². The third-order valence-electron chi connectivity index (χ3n) is 2.93. The molecule has 0 aliphatic heterocycles. The Kier molecular flexibility index (Phi) is 4.84. The van der Waals surface area contributed by atoms with Gasteiger partial charge in [-0.05, 0) is 71.5 Å². The van der Waals surface area contributed by atoms with Crippen molar-refractivity contribution in [3.63, 3.8) is 0 Å². The minimum absolute atomic E-state index is 0.000370. The van der Waals surface area contributed by atoms with E-state index in [1.54, 1.807) is 24.3 Å². The van der Waals surface area contributed by atoms with Crippen LogP contribution in [0.4, 0.5) is 10.1 Å². The van der Waals surface area contributed by atoms with Crippen LogP contribution in [0.3, 0.4) is 0 Å². The summed E-state index contributed by atoms with van der Waals surface area (Å²) in [6.07, 6.45) is 0. The maximum atomic E-state index is 13.7. The van der Waals surface area contributed by atoms with Crippen molar-refractivity contribution in [1.29, 1.82) is 0 Å². The maximum absolute atomic E-state index is 13.7. The van der Waals surface area contributed by atoms with E-state index >= 15 is 0 Å². The van der Waals surface area contributed by atoms with Gasteiger partial charge in [-0.2, -0.15) is 0 Å². The summed E-state index contributed by atoms with van der Waals surface area (Å²) in [7, 11) is -3.77. The summed E-state index contributed by atoms with van der Waals surface area (Å²) in [5.74, 6) is -0.467. The van der Waals surface area contributed by atoms with Gasteiger partial charge in [-0.3, -0.25) is 4.72 Å². The minimum Gasteiger partial charge on any atom is -0.326 e. The average molecular weight is 420 g/mol. The second-order valence-electron chi connectivity index (χ2n) is 4.53. The largest absolute Gasteiger partial charge is 0.326 e. The molecule has 0 radical (unpaired) electrons. The summed E-state index contributed by atoms with van der Waals surface area (Å²) in [4.78, 5) is 0.000370. The van der Waals surface area contributed by atoms with E-state index in [9.17, 15) is 12.8 Å². The molecule has 0 saturated carbocycles. The van der Waals surface area contributed by atoms with Crippen molar-refractivity contribution in [3.8, 4) is 0 Å². The number of benzene rings is 2. The van der Waals surface area contributed by atoms with Crippen molar-refractivity contribution < 1.29 is 12.8 Å². The van der Waals surface area contributed by atoms with Gasteiger partial charge in [-0.25, -0.2) is 12.8 Å². The molecule has 4 nitrogen and oxygen atoms in total. The van der Waals surface area contributed by atoms with Gasteiger partial charge in [0.05, 0.1) is 4.90 Å². The molecular formula is C14H14FIN2O2S. The zero-order chi connectivity index (χ0) is 15.6. The third-order valence-corrected chi connectivity index (χ3v) is 5.01. The fourth-order valence-electron chi connectivity index (χ4n) is 1.84. The third kappa shape index (κ3) is 3.72. The Labute approximate surface area is 136 Å². The average Bonchev–Trinajstić information content (AvgIpc) is 2.44. The maximum Gasteiger partial charge on any atom is 0.261 e. The van der Waals surface area contributed by atoms with Crippen molar-refractivity contribution in [2.24, 2.45) is 5.73 Å². The van der Waals surface area contributed by atoms with Gasteiger partial charge in [-0.15, -0.1) is 0 Å². The minimum atomic E-state index is -3.77. The molecule has 0 unspecified atom stereocenters. The zero-order valence-electron chi connectivity index (χ0n) is 11.2.